The van der Waals surface area contributed by atoms with Crippen molar-refractivity contribution in [3.8, 4) is 10.4 Å². The van der Waals surface area contributed by atoms with E-state index in [0.717, 1.165) is 16.9 Å². The summed E-state index contributed by atoms with van der Waals surface area (Å²) in [4.78, 5) is 44.1. The van der Waals surface area contributed by atoms with E-state index in [-0.39, 0.29) is 29.5 Å². The van der Waals surface area contributed by atoms with Gasteiger partial charge in [-0.3, -0.25) is 19.0 Å². The van der Waals surface area contributed by atoms with Gasteiger partial charge in [-0.1, -0.05) is 13.0 Å². The third-order valence-corrected chi connectivity index (χ3v) is 7.22. The lowest BCUT2D eigenvalue weighted by atomic mass is 10.0. The summed E-state index contributed by atoms with van der Waals surface area (Å²) in [6, 6.07) is 10.6. The summed E-state index contributed by atoms with van der Waals surface area (Å²) in [5.41, 5.74) is 1.36. The third-order valence-electron chi connectivity index (χ3n) is 5.43. The van der Waals surface area contributed by atoms with E-state index in [4.69, 9.17) is 0 Å². The highest BCUT2D eigenvalue weighted by Gasteiger charge is 2.19. The Morgan fingerprint density at radius 3 is 2.55 bits per heavy atom. The Kier molecular flexibility index (Phi) is 6.44. The van der Waals surface area contributed by atoms with E-state index >= 15 is 0 Å². The van der Waals surface area contributed by atoms with Gasteiger partial charge in [0.05, 0.1) is 11.7 Å². The topological polar surface area (TPSA) is 93.1 Å². The minimum absolute atomic E-state index is 0.158. The smallest absolute Gasteiger partial charge is 0.263 e. The van der Waals surface area contributed by atoms with Crippen LogP contribution in [0, 0.1) is 0 Å². The van der Waals surface area contributed by atoms with Crippen molar-refractivity contribution in [2.24, 2.45) is 0 Å². The van der Waals surface area contributed by atoms with Gasteiger partial charge in [0.2, 0.25) is 5.91 Å². The predicted molar refractivity (Wildman–Crippen MR) is 134 cm³/mol. The molecule has 2 N–H and O–H groups in total. The number of thiophene rings is 2. The fourth-order valence-electron chi connectivity index (χ4n) is 3.22. The van der Waals surface area contributed by atoms with E-state index in [2.05, 4.69) is 15.6 Å². The van der Waals surface area contributed by atoms with Crippen molar-refractivity contribution < 1.29 is 9.59 Å². The van der Waals surface area contributed by atoms with Crippen LogP contribution < -0.4 is 16.2 Å². The van der Waals surface area contributed by atoms with Gasteiger partial charge in [-0.2, -0.15) is 0 Å². The van der Waals surface area contributed by atoms with Crippen molar-refractivity contribution in [2.75, 3.05) is 5.32 Å². The van der Waals surface area contributed by atoms with Crippen molar-refractivity contribution >= 4 is 50.4 Å². The van der Waals surface area contributed by atoms with E-state index in [0.29, 0.717) is 21.5 Å². The predicted octanol–water partition coefficient (Wildman–Crippen LogP) is 4.74. The molecular weight excluding hydrogens is 456 g/mol. The Labute approximate surface area is 199 Å². The monoisotopic (exact) mass is 480 g/mol. The zero-order chi connectivity index (χ0) is 23.6. The molecule has 170 valence electrons. The summed E-state index contributed by atoms with van der Waals surface area (Å²) < 4.78 is 1.32. The molecule has 7 nitrogen and oxygen atoms in total. The summed E-state index contributed by atoms with van der Waals surface area (Å²) in [5.74, 6) is -0.515. The van der Waals surface area contributed by atoms with Crippen LogP contribution in [0.15, 0.2) is 58.3 Å². The zero-order valence-electron chi connectivity index (χ0n) is 18.5. The van der Waals surface area contributed by atoms with Gasteiger partial charge in [-0.25, -0.2) is 4.98 Å². The number of carbonyl (C=O) groups is 2. The maximum atomic E-state index is 13.1. The SMILES string of the molecule is CCC(C)(C)NC(=O)c1ccc(NC(=O)Cn2cnc3scc(-c4cccs4)c3c2=O)cc1. The number of anilines is 1. The Hall–Kier alpha value is -3.30. The van der Waals surface area contributed by atoms with Crippen molar-refractivity contribution in [2.45, 2.75) is 39.3 Å². The van der Waals surface area contributed by atoms with Crippen LogP contribution in [0.25, 0.3) is 20.7 Å². The molecule has 4 rings (SSSR count). The molecule has 0 saturated carbocycles. The average molecular weight is 481 g/mol. The molecule has 0 aliphatic rings. The van der Waals surface area contributed by atoms with Crippen LogP contribution in [0.4, 0.5) is 5.69 Å². The van der Waals surface area contributed by atoms with Gasteiger partial charge < -0.3 is 10.6 Å². The molecule has 9 heteroatoms. The Balaban J connectivity index is 1.47. The van der Waals surface area contributed by atoms with Crippen LogP contribution in [0.2, 0.25) is 0 Å². The van der Waals surface area contributed by atoms with E-state index in [1.807, 2.05) is 43.7 Å². The van der Waals surface area contributed by atoms with Gasteiger partial charge in [0.15, 0.2) is 0 Å². The summed E-state index contributed by atoms with van der Waals surface area (Å²) in [7, 11) is 0. The molecule has 0 fully saturated rings. The number of rotatable bonds is 7. The molecule has 0 radical (unpaired) electrons. The molecule has 0 aliphatic heterocycles. The normalized spacial score (nSPS) is 11.5. The maximum Gasteiger partial charge on any atom is 0.263 e. The molecule has 0 aliphatic carbocycles. The number of benzene rings is 1. The van der Waals surface area contributed by atoms with Gasteiger partial charge in [0, 0.05) is 32.6 Å². The van der Waals surface area contributed by atoms with E-state index in [9.17, 15) is 14.4 Å². The fraction of sp³-hybridized carbons (Fsp3) is 0.250. The van der Waals surface area contributed by atoms with Crippen molar-refractivity contribution in [3.05, 3.63) is 69.4 Å². The van der Waals surface area contributed by atoms with E-state index in [1.165, 1.54) is 22.2 Å². The Morgan fingerprint density at radius 2 is 1.88 bits per heavy atom. The van der Waals surface area contributed by atoms with Crippen LogP contribution in [0.1, 0.15) is 37.6 Å². The first-order valence-corrected chi connectivity index (χ1v) is 12.3. The van der Waals surface area contributed by atoms with Gasteiger partial charge in [0.25, 0.3) is 11.5 Å². The van der Waals surface area contributed by atoms with Crippen molar-refractivity contribution in [1.29, 1.82) is 0 Å². The van der Waals surface area contributed by atoms with Crippen molar-refractivity contribution in [3.63, 3.8) is 0 Å². The molecule has 0 unspecified atom stereocenters. The molecule has 33 heavy (non-hydrogen) atoms. The molecular formula is C24H24N4O3S2. The lowest BCUT2D eigenvalue weighted by molar-refractivity contribution is -0.116. The van der Waals surface area contributed by atoms with Gasteiger partial charge in [-0.15, -0.1) is 22.7 Å². The van der Waals surface area contributed by atoms with Crippen molar-refractivity contribution in [1.82, 2.24) is 14.9 Å². The molecule has 0 atom stereocenters. The lowest BCUT2D eigenvalue weighted by Crippen LogP contribution is -2.42. The quantitative estimate of drug-likeness (QED) is 0.399. The first-order chi connectivity index (χ1) is 15.8. The van der Waals surface area contributed by atoms with Gasteiger partial charge in [0.1, 0.15) is 11.4 Å². The number of aromatic nitrogens is 2. The Morgan fingerprint density at radius 1 is 1.12 bits per heavy atom. The molecule has 2 amide bonds. The zero-order valence-corrected chi connectivity index (χ0v) is 20.2. The molecule has 4 aromatic rings. The summed E-state index contributed by atoms with van der Waals surface area (Å²) in [6.45, 7) is 5.79. The standard InChI is InChI=1S/C24H24N4O3S2/c1-4-24(2,3)27-21(30)15-7-9-16(10-8-15)26-19(29)12-28-14-25-22-20(23(28)31)17(13-33-22)18-6-5-11-32-18/h5-11,13-14H,4,12H2,1-3H3,(H,26,29)(H,27,30). The molecule has 0 saturated heterocycles. The largest absolute Gasteiger partial charge is 0.347 e. The number of hydrogen-bond donors (Lipinski definition) is 2. The fourth-order valence-corrected chi connectivity index (χ4v) is 4.94. The number of nitrogens with one attached hydrogen (secondary N) is 2. The minimum atomic E-state index is -0.351. The van der Waals surface area contributed by atoms with Crippen LogP contribution in [0.3, 0.4) is 0 Å². The highest BCUT2D eigenvalue weighted by atomic mass is 32.1. The van der Waals surface area contributed by atoms with Gasteiger partial charge >= 0.3 is 0 Å². The second-order valence-corrected chi connectivity index (χ2v) is 10.1. The highest BCUT2D eigenvalue weighted by Crippen LogP contribution is 2.33. The number of hydrogen-bond acceptors (Lipinski definition) is 6. The summed E-state index contributed by atoms with van der Waals surface area (Å²) in [5, 5.41) is 10.2. The van der Waals surface area contributed by atoms with Crippen LogP contribution in [-0.2, 0) is 11.3 Å². The van der Waals surface area contributed by atoms with Gasteiger partial charge in [-0.05, 0) is 56.0 Å². The summed E-state index contributed by atoms with van der Waals surface area (Å²) in [6.07, 6.45) is 2.22. The van der Waals surface area contributed by atoms with Crippen LogP contribution in [-0.4, -0.2) is 26.9 Å². The number of amides is 2. The molecule has 0 bridgehead atoms. The third kappa shape index (κ3) is 5.04. The first kappa shape index (κ1) is 22.9. The number of nitrogens with zero attached hydrogens (tertiary/aromatic N) is 2. The number of fused-ring (bicyclic) bond motifs is 1. The van der Waals surface area contributed by atoms with Crippen LogP contribution in [0.5, 0.6) is 0 Å². The lowest BCUT2D eigenvalue weighted by Gasteiger charge is -2.24. The summed E-state index contributed by atoms with van der Waals surface area (Å²) >= 11 is 2.97. The second kappa shape index (κ2) is 9.29. The van der Waals surface area contributed by atoms with Crippen LogP contribution >= 0.6 is 22.7 Å². The Bertz CT molecular complexity index is 1350. The highest BCUT2D eigenvalue weighted by molar-refractivity contribution is 7.18. The first-order valence-electron chi connectivity index (χ1n) is 10.5. The molecule has 3 heterocycles. The van der Waals surface area contributed by atoms with E-state index in [1.54, 1.807) is 35.6 Å². The second-order valence-electron chi connectivity index (χ2n) is 8.30. The maximum absolute atomic E-state index is 13.1. The molecule has 0 spiro atoms. The molecule has 3 aromatic heterocycles. The average Bonchev–Trinajstić information content (AvgIpc) is 3.46. The minimum Gasteiger partial charge on any atom is -0.347 e. The molecule has 1 aromatic carbocycles. The number of carbonyl (C=O) groups excluding carboxylic acids is 2. The van der Waals surface area contributed by atoms with E-state index < -0.39 is 0 Å².